The van der Waals surface area contributed by atoms with Gasteiger partial charge in [-0.15, -0.1) is 5.10 Å². The molecule has 0 saturated carbocycles. The van der Waals surface area contributed by atoms with Crippen LogP contribution in [0.3, 0.4) is 0 Å². The molecule has 0 fully saturated rings. The summed E-state index contributed by atoms with van der Waals surface area (Å²) in [6, 6.07) is 37.0. The fourth-order valence-corrected chi connectivity index (χ4v) is 4.22. The lowest BCUT2D eigenvalue weighted by Gasteiger charge is -2.36. The van der Waals surface area contributed by atoms with Crippen molar-refractivity contribution >= 4 is 22.6 Å². The van der Waals surface area contributed by atoms with Crippen LogP contribution in [0.15, 0.2) is 109 Å². The standard InChI is InChI=1S/C25H18ClN3/c26-22-16-17-24-23(18-22)27-28-29(24)25(19-10-4-1-5-11-19,20-12-6-2-7-13-20)21-14-8-3-9-15-21/h1-18H. The van der Waals surface area contributed by atoms with E-state index in [1.54, 1.807) is 0 Å². The van der Waals surface area contributed by atoms with E-state index >= 15 is 0 Å². The zero-order valence-electron chi connectivity index (χ0n) is 15.6. The smallest absolute Gasteiger partial charge is 0.140 e. The lowest BCUT2D eigenvalue weighted by molar-refractivity contribution is 0.461. The molecule has 4 heteroatoms. The minimum Gasteiger partial charge on any atom is -0.225 e. The maximum absolute atomic E-state index is 6.22. The molecule has 0 aliphatic carbocycles. The Hall–Kier alpha value is -3.43. The van der Waals surface area contributed by atoms with Crippen molar-refractivity contribution in [1.82, 2.24) is 15.0 Å². The van der Waals surface area contributed by atoms with E-state index in [1.807, 2.05) is 41.1 Å². The predicted octanol–water partition coefficient (Wildman–Crippen LogP) is 5.92. The first kappa shape index (κ1) is 17.7. The van der Waals surface area contributed by atoms with E-state index in [2.05, 4.69) is 83.1 Å². The van der Waals surface area contributed by atoms with Gasteiger partial charge in [0.25, 0.3) is 0 Å². The molecule has 1 aromatic heterocycles. The predicted molar refractivity (Wildman–Crippen MR) is 117 cm³/mol. The summed E-state index contributed by atoms with van der Waals surface area (Å²) in [5.41, 5.74) is 4.35. The van der Waals surface area contributed by atoms with Gasteiger partial charge in [-0.05, 0) is 34.9 Å². The van der Waals surface area contributed by atoms with Crippen molar-refractivity contribution in [2.45, 2.75) is 5.54 Å². The fourth-order valence-electron chi connectivity index (χ4n) is 4.05. The molecule has 0 atom stereocenters. The average molecular weight is 396 g/mol. The number of hydrogen-bond acceptors (Lipinski definition) is 2. The number of fused-ring (bicyclic) bond motifs is 1. The van der Waals surface area contributed by atoms with Crippen molar-refractivity contribution in [2.24, 2.45) is 0 Å². The van der Waals surface area contributed by atoms with Gasteiger partial charge in [0.05, 0.1) is 5.52 Å². The van der Waals surface area contributed by atoms with E-state index < -0.39 is 5.54 Å². The van der Waals surface area contributed by atoms with Gasteiger partial charge in [-0.3, -0.25) is 0 Å². The Labute approximate surface area is 174 Å². The molecule has 29 heavy (non-hydrogen) atoms. The van der Waals surface area contributed by atoms with Gasteiger partial charge in [-0.25, -0.2) is 4.68 Å². The molecular formula is C25H18ClN3. The molecule has 0 N–H and O–H groups in total. The highest BCUT2D eigenvalue weighted by Gasteiger charge is 2.40. The second-order valence-corrected chi connectivity index (χ2v) is 7.38. The van der Waals surface area contributed by atoms with E-state index in [4.69, 9.17) is 11.6 Å². The first-order chi connectivity index (χ1) is 14.3. The number of halogens is 1. The van der Waals surface area contributed by atoms with Crippen LogP contribution in [0.2, 0.25) is 5.02 Å². The highest BCUT2D eigenvalue weighted by Crippen LogP contribution is 2.41. The third kappa shape index (κ3) is 2.82. The number of rotatable bonds is 4. The molecule has 5 rings (SSSR count). The minimum atomic E-state index is -0.674. The topological polar surface area (TPSA) is 30.7 Å². The summed E-state index contributed by atoms with van der Waals surface area (Å²) < 4.78 is 2.01. The van der Waals surface area contributed by atoms with Crippen molar-refractivity contribution < 1.29 is 0 Å². The van der Waals surface area contributed by atoms with Crippen LogP contribution in [0.1, 0.15) is 16.7 Å². The van der Waals surface area contributed by atoms with Gasteiger partial charge in [-0.2, -0.15) is 0 Å². The molecule has 3 nitrogen and oxygen atoms in total. The van der Waals surface area contributed by atoms with Gasteiger partial charge in [-0.1, -0.05) is 108 Å². The zero-order chi connectivity index (χ0) is 19.7. The monoisotopic (exact) mass is 395 g/mol. The summed E-state index contributed by atoms with van der Waals surface area (Å²) in [5.74, 6) is 0. The molecule has 0 aliphatic rings. The summed E-state index contributed by atoms with van der Waals surface area (Å²) in [4.78, 5) is 0. The highest BCUT2D eigenvalue weighted by atomic mass is 35.5. The number of aromatic nitrogens is 3. The van der Waals surface area contributed by atoms with Crippen molar-refractivity contribution in [2.75, 3.05) is 0 Å². The second-order valence-electron chi connectivity index (χ2n) is 6.94. The fraction of sp³-hybridized carbons (Fsp3) is 0.0400. The third-order valence-corrected chi connectivity index (χ3v) is 5.54. The molecule has 0 saturated heterocycles. The summed E-state index contributed by atoms with van der Waals surface area (Å²) in [5, 5.41) is 9.74. The van der Waals surface area contributed by atoms with Gasteiger partial charge in [0, 0.05) is 5.02 Å². The second kappa shape index (κ2) is 7.19. The SMILES string of the molecule is Clc1ccc2c(c1)nnn2C(c1ccccc1)(c1ccccc1)c1ccccc1. The van der Waals surface area contributed by atoms with Crippen LogP contribution in [-0.4, -0.2) is 15.0 Å². The molecule has 140 valence electrons. The van der Waals surface area contributed by atoms with Gasteiger partial charge >= 0.3 is 0 Å². The van der Waals surface area contributed by atoms with Gasteiger partial charge < -0.3 is 0 Å². The summed E-state index contributed by atoms with van der Waals surface area (Å²) in [7, 11) is 0. The van der Waals surface area contributed by atoms with Crippen LogP contribution < -0.4 is 0 Å². The average Bonchev–Trinajstić information content (AvgIpc) is 3.20. The number of benzene rings is 4. The van der Waals surface area contributed by atoms with Crippen molar-refractivity contribution in [3.05, 3.63) is 131 Å². The molecule has 0 aliphatic heterocycles. The van der Waals surface area contributed by atoms with Crippen LogP contribution in [0, 0.1) is 0 Å². The highest BCUT2D eigenvalue weighted by molar-refractivity contribution is 6.31. The van der Waals surface area contributed by atoms with Gasteiger partial charge in [0.1, 0.15) is 11.1 Å². The molecule has 4 aromatic carbocycles. The Morgan fingerprint density at radius 2 is 1.10 bits per heavy atom. The molecule has 0 amide bonds. The van der Waals surface area contributed by atoms with E-state index in [0.29, 0.717) is 5.02 Å². The quantitative estimate of drug-likeness (QED) is 0.353. The van der Waals surface area contributed by atoms with Crippen molar-refractivity contribution in [3.8, 4) is 0 Å². The molecule has 0 radical (unpaired) electrons. The Morgan fingerprint density at radius 1 is 0.621 bits per heavy atom. The van der Waals surface area contributed by atoms with Crippen LogP contribution in [0.5, 0.6) is 0 Å². The van der Waals surface area contributed by atoms with E-state index in [1.165, 1.54) is 0 Å². The normalized spacial score (nSPS) is 11.6. The Balaban J connectivity index is 1.95. The maximum Gasteiger partial charge on any atom is 0.140 e. The van der Waals surface area contributed by atoms with Crippen molar-refractivity contribution in [3.63, 3.8) is 0 Å². The Kier molecular flexibility index (Phi) is 4.38. The van der Waals surface area contributed by atoms with E-state index in [0.717, 1.165) is 27.7 Å². The van der Waals surface area contributed by atoms with Crippen LogP contribution in [-0.2, 0) is 5.54 Å². The number of nitrogens with zero attached hydrogens (tertiary/aromatic N) is 3. The van der Waals surface area contributed by atoms with Crippen LogP contribution >= 0.6 is 11.6 Å². The first-order valence-electron chi connectivity index (χ1n) is 9.48. The van der Waals surface area contributed by atoms with Crippen LogP contribution in [0.4, 0.5) is 0 Å². The molecule has 0 spiro atoms. The first-order valence-corrected chi connectivity index (χ1v) is 9.86. The maximum atomic E-state index is 6.22. The van der Waals surface area contributed by atoms with Gasteiger partial charge in [0.2, 0.25) is 0 Å². The summed E-state index contributed by atoms with van der Waals surface area (Å²) >= 11 is 6.22. The van der Waals surface area contributed by atoms with Crippen LogP contribution in [0.25, 0.3) is 11.0 Å². The minimum absolute atomic E-state index is 0.647. The van der Waals surface area contributed by atoms with Crippen molar-refractivity contribution in [1.29, 1.82) is 0 Å². The Morgan fingerprint density at radius 3 is 1.59 bits per heavy atom. The lowest BCUT2D eigenvalue weighted by Crippen LogP contribution is -2.38. The Bertz CT molecular complexity index is 1150. The largest absolute Gasteiger partial charge is 0.225 e. The summed E-state index contributed by atoms with van der Waals surface area (Å²) in [6.45, 7) is 0. The molecule has 1 heterocycles. The van der Waals surface area contributed by atoms with E-state index in [-0.39, 0.29) is 0 Å². The molecular weight excluding hydrogens is 378 g/mol. The number of hydrogen-bond donors (Lipinski definition) is 0. The zero-order valence-corrected chi connectivity index (χ0v) is 16.4. The van der Waals surface area contributed by atoms with E-state index in [9.17, 15) is 0 Å². The molecule has 0 unspecified atom stereocenters. The lowest BCUT2D eigenvalue weighted by atomic mass is 9.77. The third-order valence-electron chi connectivity index (χ3n) is 5.30. The molecule has 0 bridgehead atoms. The summed E-state index contributed by atoms with van der Waals surface area (Å²) in [6.07, 6.45) is 0. The van der Waals surface area contributed by atoms with Gasteiger partial charge in [0.15, 0.2) is 0 Å². The molecule has 5 aromatic rings.